The second-order valence-electron chi connectivity index (χ2n) is 4.29. The lowest BCUT2D eigenvalue weighted by Gasteiger charge is -2.19. The van der Waals surface area contributed by atoms with Gasteiger partial charge in [0, 0.05) is 12.1 Å². The molecule has 1 saturated heterocycles. The molecule has 1 aromatic carbocycles. The van der Waals surface area contributed by atoms with Gasteiger partial charge < -0.3 is 19.7 Å². The highest BCUT2D eigenvalue weighted by Gasteiger charge is 2.23. The van der Waals surface area contributed by atoms with Crippen LogP contribution in [0.15, 0.2) is 28.8 Å². The standard InChI is InChI=1S/C13H15N3O3/c14-7-9-1-3-10(4-2-9)12-15-13(19-16-12)11-8-17-5-6-18-11/h1-4,11H,5-8,14H2. The molecule has 0 amide bonds. The van der Waals surface area contributed by atoms with Crippen LogP contribution in [0.2, 0.25) is 0 Å². The Bertz CT molecular complexity index is 532. The third-order valence-corrected chi connectivity index (χ3v) is 2.98. The Morgan fingerprint density at radius 3 is 2.74 bits per heavy atom. The Morgan fingerprint density at radius 2 is 2.05 bits per heavy atom. The molecule has 0 spiro atoms. The second kappa shape index (κ2) is 5.48. The minimum Gasteiger partial charge on any atom is -0.376 e. The molecular formula is C13H15N3O3. The number of ether oxygens (including phenoxy) is 2. The Morgan fingerprint density at radius 1 is 1.21 bits per heavy atom. The van der Waals surface area contributed by atoms with Crippen molar-refractivity contribution in [2.75, 3.05) is 19.8 Å². The van der Waals surface area contributed by atoms with Crippen LogP contribution in [0.5, 0.6) is 0 Å². The van der Waals surface area contributed by atoms with Crippen LogP contribution in [0, 0.1) is 0 Å². The number of rotatable bonds is 3. The van der Waals surface area contributed by atoms with Gasteiger partial charge in [0.25, 0.3) is 5.89 Å². The van der Waals surface area contributed by atoms with Crippen molar-refractivity contribution in [1.29, 1.82) is 0 Å². The zero-order chi connectivity index (χ0) is 13.1. The number of nitrogens with zero attached hydrogens (tertiary/aromatic N) is 2. The fourth-order valence-electron chi connectivity index (χ4n) is 1.90. The van der Waals surface area contributed by atoms with Crippen LogP contribution in [-0.4, -0.2) is 30.0 Å². The summed E-state index contributed by atoms with van der Waals surface area (Å²) < 4.78 is 16.1. The summed E-state index contributed by atoms with van der Waals surface area (Å²) in [6.07, 6.45) is -0.265. The number of hydrogen-bond acceptors (Lipinski definition) is 6. The monoisotopic (exact) mass is 261 g/mol. The minimum absolute atomic E-state index is 0.265. The molecule has 0 radical (unpaired) electrons. The SMILES string of the molecule is NCc1ccc(-c2noc(C3COCCO3)n2)cc1. The summed E-state index contributed by atoms with van der Waals surface area (Å²) in [4.78, 5) is 4.35. The van der Waals surface area contributed by atoms with Crippen molar-refractivity contribution < 1.29 is 14.0 Å². The molecule has 2 N–H and O–H groups in total. The van der Waals surface area contributed by atoms with Crippen LogP contribution in [0.4, 0.5) is 0 Å². The first-order valence-corrected chi connectivity index (χ1v) is 6.19. The van der Waals surface area contributed by atoms with Crippen LogP contribution in [0.3, 0.4) is 0 Å². The van der Waals surface area contributed by atoms with Crippen molar-refractivity contribution in [1.82, 2.24) is 10.1 Å². The van der Waals surface area contributed by atoms with E-state index in [0.29, 0.717) is 38.1 Å². The second-order valence-corrected chi connectivity index (χ2v) is 4.29. The maximum atomic E-state index is 5.56. The van der Waals surface area contributed by atoms with Crippen molar-refractivity contribution in [2.45, 2.75) is 12.6 Å². The fourth-order valence-corrected chi connectivity index (χ4v) is 1.90. The lowest BCUT2D eigenvalue weighted by atomic mass is 10.1. The van der Waals surface area contributed by atoms with Gasteiger partial charge in [-0.2, -0.15) is 4.98 Å². The van der Waals surface area contributed by atoms with Crippen LogP contribution in [0.25, 0.3) is 11.4 Å². The Hall–Kier alpha value is -1.76. The van der Waals surface area contributed by atoms with Crippen LogP contribution in [-0.2, 0) is 16.0 Å². The van der Waals surface area contributed by atoms with E-state index < -0.39 is 0 Å². The predicted octanol–water partition coefficient (Wildman–Crippen LogP) is 1.28. The van der Waals surface area contributed by atoms with E-state index in [9.17, 15) is 0 Å². The smallest absolute Gasteiger partial charge is 0.258 e. The molecule has 1 unspecified atom stereocenters. The molecule has 1 aliphatic heterocycles. The molecular weight excluding hydrogens is 246 g/mol. The highest BCUT2D eigenvalue weighted by atomic mass is 16.6. The zero-order valence-corrected chi connectivity index (χ0v) is 10.4. The molecule has 3 rings (SSSR count). The summed E-state index contributed by atoms with van der Waals surface area (Å²) in [6, 6.07) is 7.75. The van der Waals surface area contributed by atoms with E-state index in [1.54, 1.807) is 0 Å². The third-order valence-electron chi connectivity index (χ3n) is 2.98. The van der Waals surface area contributed by atoms with Gasteiger partial charge in [0.2, 0.25) is 5.82 Å². The van der Waals surface area contributed by atoms with E-state index in [2.05, 4.69) is 10.1 Å². The maximum Gasteiger partial charge on any atom is 0.258 e. The number of hydrogen-bond donors (Lipinski definition) is 1. The van der Waals surface area contributed by atoms with Crippen molar-refractivity contribution in [2.24, 2.45) is 5.73 Å². The first kappa shape index (κ1) is 12.3. The Kier molecular flexibility index (Phi) is 3.54. The Balaban J connectivity index is 1.79. The van der Waals surface area contributed by atoms with Gasteiger partial charge in [-0.15, -0.1) is 0 Å². The number of benzene rings is 1. The van der Waals surface area contributed by atoms with Crippen molar-refractivity contribution >= 4 is 0 Å². The molecule has 1 aromatic heterocycles. The third kappa shape index (κ3) is 2.65. The number of nitrogens with two attached hydrogens (primary N) is 1. The van der Waals surface area contributed by atoms with E-state index in [0.717, 1.165) is 11.1 Å². The van der Waals surface area contributed by atoms with E-state index >= 15 is 0 Å². The lowest BCUT2D eigenvalue weighted by Crippen LogP contribution is -2.22. The summed E-state index contributed by atoms with van der Waals surface area (Å²) in [6.45, 7) is 2.13. The molecule has 1 fully saturated rings. The molecule has 0 aliphatic carbocycles. The van der Waals surface area contributed by atoms with Gasteiger partial charge in [-0.3, -0.25) is 0 Å². The highest BCUT2D eigenvalue weighted by molar-refractivity contribution is 5.54. The topological polar surface area (TPSA) is 83.4 Å². The summed E-state index contributed by atoms with van der Waals surface area (Å²) in [5.41, 5.74) is 7.52. The Labute approximate surface area is 110 Å². The molecule has 2 aromatic rings. The van der Waals surface area contributed by atoms with Gasteiger partial charge in [0.15, 0.2) is 6.10 Å². The molecule has 0 saturated carbocycles. The minimum atomic E-state index is -0.265. The average Bonchev–Trinajstić information content (AvgIpc) is 2.98. The largest absolute Gasteiger partial charge is 0.376 e. The van der Waals surface area contributed by atoms with Gasteiger partial charge in [0.05, 0.1) is 19.8 Å². The maximum absolute atomic E-state index is 5.56. The van der Waals surface area contributed by atoms with Gasteiger partial charge in [-0.25, -0.2) is 0 Å². The van der Waals surface area contributed by atoms with Crippen molar-refractivity contribution in [3.63, 3.8) is 0 Å². The van der Waals surface area contributed by atoms with E-state index in [1.165, 1.54) is 0 Å². The lowest BCUT2D eigenvalue weighted by molar-refractivity contribution is -0.101. The first-order valence-electron chi connectivity index (χ1n) is 6.19. The van der Waals surface area contributed by atoms with Crippen LogP contribution >= 0.6 is 0 Å². The summed E-state index contributed by atoms with van der Waals surface area (Å²) in [5, 5.41) is 3.96. The van der Waals surface area contributed by atoms with E-state index in [4.69, 9.17) is 19.7 Å². The van der Waals surface area contributed by atoms with Crippen LogP contribution in [0.1, 0.15) is 17.6 Å². The number of aromatic nitrogens is 2. The predicted molar refractivity (Wildman–Crippen MR) is 67.1 cm³/mol. The average molecular weight is 261 g/mol. The van der Waals surface area contributed by atoms with Gasteiger partial charge in [-0.05, 0) is 5.56 Å². The molecule has 0 bridgehead atoms. The molecule has 1 atom stereocenters. The zero-order valence-electron chi connectivity index (χ0n) is 10.4. The van der Waals surface area contributed by atoms with Crippen molar-refractivity contribution in [3.8, 4) is 11.4 Å². The van der Waals surface area contributed by atoms with Gasteiger partial charge in [0.1, 0.15) is 0 Å². The molecule has 1 aliphatic rings. The van der Waals surface area contributed by atoms with E-state index in [1.807, 2.05) is 24.3 Å². The van der Waals surface area contributed by atoms with Gasteiger partial charge in [-0.1, -0.05) is 29.4 Å². The van der Waals surface area contributed by atoms with Crippen LogP contribution < -0.4 is 5.73 Å². The summed E-state index contributed by atoms with van der Waals surface area (Å²) >= 11 is 0. The molecule has 2 heterocycles. The summed E-state index contributed by atoms with van der Waals surface area (Å²) in [7, 11) is 0. The molecule has 100 valence electrons. The van der Waals surface area contributed by atoms with Gasteiger partial charge >= 0.3 is 0 Å². The quantitative estimate of drug-likeness (QED) is 0.896. The highest BCUT2D eigenvalue weighted by Crippen LogP contribution is 2.22. The fraction of sp³-hybridized carbons (Fsp3) is 0.385. The normalized spacial score (nSPS) is 19.5. The van der Waals surface area contributed by atoms with Crippen molar-refractivity contribution in [3.05, 3.63) is 35.7 Å². The first-order chi connectivity index (χ1) is 9.36. The molecule has 19 heavy (non-hydrogen) atoms. The summed E-state index contributed by atoms with van der Waals surface area (Å²) in [5.74, 6) is 1.00. The molecule has 6 nitrogen and oxygen atoms in total. The van der Waals surface area contributed by atoms with E-state index in [-0.39, 0.29) is 6.10 Å². The molecule has 6 heteroatoms.